The van der Waals surface area contributed by atoms with E-state index in [-0.39, 0.29) is 51.3 Å². The van der Waals surface area contributed by atoms with E-state index in [1.165, 1.54) is 0 Å². The predicted molar refractivity (Wildman–Crippen MR) is 133 cm³/mol. The Balaban J connectivity index is 0.000000362. The molecule has 0 bridgehead atoms. The molecule has 40 heavy (non-hydrogen) atoms. The van der Waals surface area contributed by atoms with Crippen molar-refractivity contribution < 1.29 is 93.4 Å². The van der Waals surface area contributed by atoms with Gasteiger partial charge in [0.1, 0.15) is 30.5 Å². The van der Waals surface area contributed by atoms with Crippen LogP contribution in [0.15, 0.2) is 0 Å². The van der Waals surface area contributed by atoms with E-state index >= 15 is 0 Å². The monoisotopic (exact) mass is 585 g/mol. The third kappa shape index (κ3) is 7.85. The molecule has 6 saturated heterocycles. The summed E-state index contributed by atoms with van der Waals surface area (Å²) in [5, 5.41) is 17.3. The molecule has 2 unspecified atom stereocenters. The summed E-state index contributed by atoms with van der Waals surface area (Å²) in [6, 6.07) is 0. The van der Waals surface area contributed by atoms with Gasteiger partial charge >= 0.3 is 29.6 Å². The van der Waals surface area contributed by atoms with Crippen LogP contribution in [0.2, 0.25) is 0 Å². The molecule has 0 aromatic carbocycles. The van der Waals surface area contributed by atoms with Crippen LogP contribution in [-0.4, -0.2) is 123 Å². The molecule has 13 nitrogen and oxygen atoms in total. The van der Waals surface area contributed by atoms with E-state index in [9.17, 15) is 9.90 Å². The van der Waals surface area contributed by atoms with Gasteiger partial charge in [0, 0.05) is 15.5 Å². The molecule has 6 heterocycles. The van der Waals surface area contributed by atoms with E-state index in [1.54, 1.807) is 27.7 Å². The summed E-state index contributed by atoms with van der Waals surface area (Å²) in [5.41, 5.74) is 0. The smallest absolute Gasteiger partial charge is 1.00 e. The van der Waals surface area contributed by atoms with Crippen LogP contribution in [0.4, 0.5) is 0 Å². The van der Waals surface area contributed by atoms with Gasteiger partial charge in [0.15, 0.2) is 53.7 Å². The van der Waals surface area contributed by atoms with E-state index in [0.29, 0.717) is 13.2 Å². The molecule has 6 aliphatic rings. The van der Waals surface area contributed by atoms with Gasteiger partial charge in [0.05, 0.1) is 13.2 Å². The normalized spacial score (nSPS) is 42.9. The summed E-state index contributed by atoms with van der Waals surface area (Å²) in [4.78, 5) is 12.2. The molecule has 2 N–H and O–H groups in total. The maximum Gasteiger partial charge on any atom is 1.00 e. The van der Waals surface area contributed by atoms with E-state index in [2.05, 4.69) is 0 Å². The first-order valence-corrected chi connectivity index (χ1v) is 12.9. The van der Waals surface area contributed by atoms with Crippen molar-refractivity contribution >= 4 is 14.2 Å². The molecule has 9 atom stereocenters. The van der Waals surface area contributed by atoms with Gasteiger partial charge in [-0.2, -0.15) is 0 Å². The van der Waals surface area contributed by atoms with Crippen molar-refractivity contribution in [2.75, 3.05) is 20.3 Å². The van der Waals surface area contributed by atoms with Gasteiger partial charge in [0.25, 0.3) is 0 Å². The Morgan fingerprint density at radius 2 is 1.15 bits per heavy atom. The molecule has 0 amide bonds. The topological polar surface area (TPSA) is 150 Å². The standard InChI is InChI=1S/C12H20O6.C12H18O6.CH4O.B.Na.H/c2*1-11(2)14-5-6(16-11)8-7(13)9-10(15-8)18-12(3,4)17-9;1-2;;;/h6-10,13H,5H2,1-4H3;6,8-10H,5H2,1-4H3;2H,1H3;;;/q;;;;+1;-1/t6?,7-,8-,9-,10-;6?,8-,9-,10-;;;;/m11..../s1. The predicted octanol–water partition coefficient (Wildman–Crippen LogP) is -2.70. The number of Topliss-reactive ketones (excluding diaryl/α,β-unsaturated/α-hetero) is 1. The van der Waals surface area contributed by atoms with Gasteiger partial charge in [-0.25, -0.2) is 0 Å². The van der Waals surface area contributed by atoms with Crippen LogP contribution in [0.3, 0.4) is 0 Å². The fourth-order valence-electron chi connectivity index (χ4n) is 5.23. The summed E-state index contributed by atoms with van der Waals surface area (Å²) < 4.78 is 55.9. The number of carbonyl (C=O) groups excluding carboxylic acids is 1. The van der Waals surface area contributed by atoms with E-state index < -0.39 is 72.4 Å². The number of carbonyl (C=O) groups is 1. The quantitative estimate of drug-likeness (QED) is 0.324. The number of hydrogen-bond acceptors (Lipinski definition) is 13. The van der Waals surface area contributed by atoms with Crippen LogP contribution in [-0.2, 0) is 52.2 Å². The van der Waals surface area contributed by atoms with Crippen LogP contribution < -0.4 is 29.6 Å². The van der Waals surface area contributed by atoms with E-state index in [4.69, 9.17) is 52.5 Å². The molecule has 15 heteroatoms. The zero-order valence-corrected chi connectivity index (χ0v) is 27.1. The van der Waals surface area contributed by atoms with Gasteiger partial charge in [0.2, 0.25) is 0 Å². The Bertz CT molecular complexity index is 878. The van der Waals surface area contributed by atoms with Crippen molar-refractivity contribution in [1.82, 2.24) is 0 Å². The molecule has 6 rings (SSSR count). The fourth-order valence-corrected chi connectivity index (χ4v) is 5.23. The molecule has 0 saturated carbocycles. The Morgan fingerprint density at radius 3 is 1.62 bits per heavy atom. The van der Waals surface area contributed by atoms with Crippen LogP contribution in [0, 0.1) is 0 Å². The molecule has 0 aromatic heterocycles. The van der Waals surface area contributed by atoms with Crippen molar-refractivity contribution in [2.24, 2.45) is 0 Å². The Hall–Kier alpha value is 0.255. The Morgan fingerprint density at radius 1 is 0.650 bits per heavy atom. The van der Waals surface area contributed by atoms with Gasteiger partial charge < -0.3 is 59.0 Å². The van der Waals surface area contributed by atoms with Crippen LogP contribution in [0.25, 0.3) is 0 Å². The van der Waals surface area contributed by atoms with Crippen molar-refractivity contribution in [1.29, 1.82) is 0 Å². The zero-order valence-electron chi connectivity index (χ0n) is 26.1. The second-order valence-corrected chi connectivity index (χ2v) is 11.7. The largest absolute Gasteiger partial charge is 1.00 e. The first kappa shape index (κ1) is 36.4. The minimum absolute atomic E-state index is 0. The van der Waals surface area contributed by atoms with Crippen LogP contribution >= 0.6 is 0 Å². The van der Waals surface area contributed by atoms with Crippen molar-refractivity contribution in [3.05, 3.63) is 0 Å². The minimum Gasteiger partial charge on any atom is -1.00 e. The zero-order chi connectivity index (χ0) is 28.3. The fraction of sp³-hybridized carbons (Fsp3) is 0.960. The molecular weight excluding hydrogens is 542 g/mol. The number of ether oxygens (including phenoxy) is 10. The molecule has 3 radical (unpaired) electrons. The SMILES string of the molecule is CC1(C)OCC([C@H]2O[C@@H]3OC(C)(C)O[C@@H]3C2=O)O1.CC1(C)OCC([C@H]2O[C@@H]3OC(C)(C)O[C@@H]3[C@@H]2O)O1.CO.[B].[H-].[Na+]. The number of aliphatic hydroxyl groups excluding tert-OH is 2. The third-order valence-corrected chi connectivity index (χ3v) is 6.72. The second kappa shape index (κ2) is 13.1. The summed E-state index contributed by atoms with van der Waals surface area (Å²) in [5.74, 6) is -2.92. The first-order valence-electron chi connectivity index (χ1n) is 12.9. The number of aliphatic hydroxyl groups is 2. The van der Waals surface area contributed by atoms with Crippen LogP contribution in [0.1, 0.15) is 56.8 Å². The molecule has 0 aliphatic carbocycles. The molecule has 0 aromatic rings. The minimum atomic E-state index is -0.776. The third-order valence-electron chi connectivity index (χ3n) is 6.72. The summed E-state index contributed by atoms with van der Waals surface area (Å²) in [6.45, 7) is 15.2. The van der Waals surface area contributed by atoms with E-state index in [0.717, 1.165) is 7.11 Å². The number of rotatable bonds is 2. The number of ketones is 1. The van der Waals surface area contributed by atoms with Crippen molar-refractivity contribution in [3.63, 3.8) is 0 Å². The number of hydrogen-bond donors (Lipinski definition) is 2. The first-order chi connectivity index (χ1) is 17.5. The van der Waals surface area contributed by atoms with Crippen molar-refractivity contribution in [2.45, 2.75) is 134 Å². The molecular formula is C25H43BNaO13. The van der Waals surface area contributed by atoms with Crippen molar-refractivity contribution in [3.8, 4) is 0 Å². The summed E-state index contributed by atoms with van der Waals surface area (Å²) in [6.07, 6.45) is -4.88. The Kier molecular flexibility index (Phi) is 11.9. The van der Waals surface area contributed by atoms with Gasteiger partial charge in [-0.1, -0.05) is 0 Å². The molecule has 0 spiro atoms. The maximum absolute atomic E-state index is 12.2. The van der Waals surface area contributed by atoms with E-state index in [1.807, 2.05) is 27.7 Å². The number of fused-ring (bicyclic) bond motifs is 2. The summed E-state index contributed by atoms with van der Waals surface area (Å²) >= 11 is 0. The average Bonchev–Trinajstić information content (AvgIpc) is 3.61. The second-order valence-electron chi connectivity index (χ2n) is 11.7. The molecule has 6 aliphatic heterocycles. The van der Waals surface area contributed by atoms with Gasteiger partial charge in [-0.3, -0.25) is 4.79 Å². The maximum atomic E-state index is 12.2. The average molecular weight is 585 g/mol. The van der Waals surface area contributed by atoms with Crippen LogP contribution in [0.5, 0.6) is 0 Å². The molecule has 6 fully saturated rings. The Labute approximate surface area is 261 Å². The summed E-state index contributed by atoms with van der Waals surface area (Å²) in [7, 11) is 1.00. The molecule has 225 valence electrons. The van der Waals surface area contributed by atoms with Gasteiger partial charge in [-0.15, -0.1) is 0 Å². The van der Waals surface area contributed by atoms with Gasteiger partial charge in [-0.05, 0) is 55.4 Å².